The zero-order valence-electron chi connectivity index (χ0n) is 23.4. The third-order valence-electron chi connectivity index (χ3n) is 6.38. The number of amides is 1. The van der Waals surface area contributed by atoms with Gasteiger partial charge in [0.2, 0.25) is 11.7 Å². The highest BCUT2D eigenvalue weighted by Crippen LogP contribution is 2.26. The third-order valence-corrected chi connectivity index (χ3v) is 6.38. The Kier molecular flexibility index (Phi) is 10.1. The summed E-state index contributed by atoms with van der Waals surface area (Å²) < 4.78 is 15.9. The molecule has 3 heterocycles. The Morgan fingerprint density at radius 3 is 2.71 bits per heavy atom. The van der Waals surface area contributed by atoms with E-state index in [2.05, 4.69) is 36.5 Å². The van der Waals surface area contributed by atoms with Gasteiger partial charge in [0.1, 0.15) is 30.3 Å². The largest absolute Gasteiger partial charge is 1.00 e. The van der Waals surface area contributed by atoms with Gasteiger partial charge < -0.3 is 46.8 Å². The molecule has 0 atom stereocenters. The van der Waals surface area contributed by atoms with Crippen molar-refractivity contribution >= 4 is 40.0 Å². The Morgan fingerprint density at radius 2 is 2.02 bits per heavy atom. The van der Waals surface area contributed by atoms with E-state index in [-0.39, 0.29) is 34.2 Å². The van der Waals surface area contributed by atoms with Crippen molar-refractivity contribution in [3.8, 4) is 12.3 Å². The number of nitrogens with one attached hydrogen (secondary N) is 2. The van der Waals surface area contributed by atoms with Gasteiger partial charge in [0.15, 0.2) is 5.69 Å². The van der Waals surface area contributed by atoms with E-state index in [0.29, 0.717) is 57.9 Å². The number of terminal acetylenes is 1. The topological polar surface area (TPSA) is 141 Å². The molecule has 14 heteroatoms. The van der Waals surface area contributed by atoms with Crippen LogP contribution in [0.15, 0.2) is 48.9 Å². The predicted molar refractivity (Wildman–Crippen MR) is 153 cm³/mol. The second kappa shape index (κ2) is 13.3. The van der Waals surface area contributed by atoms with E-state index >= 15 is 0 Å². The monoisotopic (exact) mass is 637 g/mol. The molecule has 218 valence electrons. The highest BCUT2D eigenvalue weighted by molar-refractivity contribution is 6.00. The minimum absolute atomic E-state index is 0. The van der Waals surface area contributed by atoms with Crippen molar-refractivity contribution in [2.75, 3.05) is 31.3 Å². The number of carbonyl (C=O) groups excluding carboxylic acids is 1. The van der Waals surface area contributed by atoms with Crippen LogP contribution < -0.4 is 27.6 Å². The molecule has 0 saturated heterocycles. The number of pyridine rings is 1. The van der Waals surface area contributed by atoms with Gasteiger partial charge in [-0.2, -0.15) is 0 Å². The summed E-state index contributed by atoms with van der Waals surface area (Å²) in [6.07, 6.45) is 11.9. The highest BCUT2D eigenvalue weighted by Gasteiger charge is 2.30. The molecule has 0 aliphatic rings. The lowest BCUT2D eigenvalue weighted by Gasteiger charge is -2.28. The van der Waals surface area contributed by atoms with Crippen molar-refractivity contribution in [2.45, 2.75) is 19.9 Å². The Morgan fingerprint density at radius 1 is 1.26 bits per heavy atom. The van der Waals surface area contributed by atoms with E-state index in [1.54, 1.807) is 23.8 Å². The molecule has 0 radical (unpaired) electrons. The lowest BCUT2D eigenvalue weighted by molar-refractivity contribution is -0.898. The van der Waals surface area contributed by atoms with E-state index < -0.39 is 16.6 Å². The van der Waals surface area contributed by atoms with E-state index in [4.69, 9.17) is 6.42 Å². The standard InChI is InChI=1S/C28H28FN9O3.BrH/c1-6-18-13-19(10-11-21(18)29)33-27-20-14-24(30-15-22(20)31-17-32-27)34-26(39)9-8-12-38(4,5)16-23-28(37(40)41)35-25(7-2)36(23)3;/h1,8-11,13-15,17H,7,12,16H2,2-5H3,(H-,30,31,32,33,34,39);1H/b9-8+;. The molecule has 4 aromatic rings. The molecule has 4 rings (SSSR count). The first-order chi connectivity index (χ1) is 19.5. The first kappa shape index (κ1) is 31.8. The van der Waals surface area contributed by atoms with Crippen molar-refractivity contribution in [1.82, 2.24) is 24.5 Å². The van der Waals surface area contributed by atoms with E-state index in [9.17, 15) is 19.3 Å². The number of nitrogens with zero attached hydrogens (tertiary/aromatic N) is 7. The second-order valence-electron chi connectivity index (χ2n) is 9.91. The minimum Gasteiger partial charge on any atom is -1.00 e. The lowest BCUT2D eigenvalue weighted by atomic mass is 10.2. The molecule has 2 N–H and O–H groups in total. The van der Waals surface area contributed by atoms with Gasteiger partial charge in [-0.25, -0.2) is 19.3 Å². The van der Waals surface area contributed by atoms with Gasteiger partial charge in [-0.05, 0) is 40.2 Å². The van der Waals surface area contributed by atoms with Gasteiger partial charge >= 0.3 is 5.82 Å². The fourth-order valence-corrected chi connectivity index (χ4v) is 4.27. The number of rotatable bonds is 10. The van der Waals surface area contributed by atoms with Crippen molar-refractivity contribution in [2.24, 2.45) is 7.05 Å². The Hall–Kier alpha value is -4.74. The quantitative estimate of drug-likeness (QED) is 0.0858. The molecule has 42 heavy (non-hydrogen) atoms. The van der Waals surface area contributed by atoms with Crippen LogP contribution in [-0.2, 0) is 24.8 Å². The molecule has 0 aliphatic carbocycles. The van der Waals surface area contributed by atoms with Crippen molar-refractivity contribution in [3.05, 3.63) is 82.0 Å². The number of likely N-dealkylation sites (N-methyl/N-ethyl adjacent to an activating group) is 1. The number of aromatic nitrogens is 5. The van der Waals surface area contributed by atoms with Crippen molar-refractivity contribution in [1.29, 1.82) is 0 Å². The third kappa shape index (κ3) is 7.31. The fourth-order valence-electron chi connectivity index (χ4n) is 4.27. The van der Waals surface area contributed by atoms with Crippen LogP contribution in [0.4, 0.5) is 27.5 Å². The molecule has 1 aromatic carbocycles. The highest BCUT2D eigenvalue weighted by atomic mass is 79.9. The number of hydrogen-bond donors (Lipinski definition) is 2. The average Bonchev–Trinajstić information content (AvgIpc) is 3.24. The molecule has 0 unspecified atom stereocenters. The molecule has 0 bridgehead atoms. The van der Waals surface area contributed by atoms with Crippen LogP contribution in [0, 0.1) is 28.3 Å². The van der Waals surface area contributed by atoms with Gasteiger partial charge in [0.25, 0.3) is 0 Å². The average molecular weight is 639 g/mol. The van der Waals surface area contributed by atoms with E-state index in [1.807, 2.05) is 21.0 Å². The van der Waals surface area contributed by atoms with Gasteiger partial charge in [-0.3, -0.25) is 4.79 Å². The molecule has 0 spiro atoms. The number of carbonyl (C=O) groups is 1. The first-order valence-electron chi connectivity index (χ1n) is 12.6. The first-order valence-corrected chi connectivity index (χ1v) is 12.6. The van der Waals surface area contributed by atoms with Gasteiger partial charge in [0.05, 0.1) is 37.9 Å². The molecular formula is C28H29BrFN9O3. The van der Waals surface area contributed by atoms with Crippen LogP contribution in [0.3, 0.4) is 0 Å². The molecule has 3 aromatic heterocycles. The van der Waals surface area contributed by atoms with E-state index in [0.717, 1.165) is 0 Å². The van der Waals surface area contributed by atoms with Crippen LogP contribution >= 0.6 is 0 Å². The lowest BCUT2D eigenvalue weighted by Crippen LogP contribution is -3.00. The summed E-state index contributed by atoms with van der Waals surface area (Å²) >= 11 is 0. The number of fused-ring (bicyclic) bond motifs is 1. The van der Waals surface area contributed by atoms with Gasteiger partial charge in [-0.1, -0.05) is 12.8 Å². The summed E-state index contributed by atoms with van der Waals surface area (Å²) in [5.74, 6) is 2.59. The Labute approximate surface area is 252 Å². The number of imidazole rings is 1. The molecule has 0 saturated carbocycles. The molecule has 0 fully saturated rings. The Balaban J connectivity index is 0.00000484. The summed E-state index contributed by atoms with van der Waals surface area (Å²) in [4.78, 5) is 40.6. The second-order valence-corrected chi connectivity index (χ2v) is 9.91. The predicted octanol–water partition coefficient (Wildman–Crippen LogP) is 0.868. The van der Waals surface area contributed by atoms with Gasteiger partial charge in [-0.15, -0.1) is 6.42 Å². The zero-order chi connectivity index (χ0) is 29.7. The normalized spacial score (nSPS) is 11.2. The maximum absolute atomic E-state index is 13.8. The molecule has 12 nitrogen and oxygen atoms in total. The summed E-state index contributed by atoms with van der Waals surface area (Å²) in [5, 5.41) is 17.9. The number of anilines is 3. The summed E-state index contributed by atoms with van der Waals surface area (Å²) in [6, 6.07) is 5.92. The SMILES string of the molecule is C#Cc1cc(Nc2ncnc3cnc(NC(=O)/C=C/C[N+](C)(C)Cc4c([N+](=O)[O-])nc(CC)n4C)cc23)ccc1F.[Br-]. The molecule has 0 aliphatic heterocycles. The maximum Gasteiger partial charge on any atom is 0.391 e. The number of halogens is 2. The zero-order valence-corrected chi connectivity index (χ0v) is 25.0. The summed E-state index contributed by atoms with van der Waals surface area (Å²) in [5.41, 5.74) is 1.70. The smallest absolute Gasteiger partial charge is 0.391 e. The van der Waals surface area contributed by atoms with Crippen LogP contribution in [0.2, 0.25) is 0 Å². The summed E-state index contributed by atoms with van der Waals surface area (Å²) in [7, 11) is 5.60. The number of aryl methyl sites for hydroxylation is 1. The molecular weight excluding hydrogens is 609 g/mol. The number of hydrogen-bond acceptors (Lipinski definition) is 8. The Bertz CT molecular complexity index is 1710. The fraction of sp³-hybridized carbons (Fsp3) is 0.250. The number of benzene rings is 1. The molecule has 1 amide bonds. The van der Waals surface area contributed by atoms with E-state index in [1.165, 1.54) is 36.8 Å². The van der Waals surface area contributed by atoms with Crippen LogP contribution in [0.5, 0.6) is 0 Å². The maximum atomic E-state index is 13.8. The van der Waals surface area contributed by atoms with Crippen molar-refractivity contribution < 1.29 is 35.6 Å². The summed E-state index contributed by atoms with van der Waals surface area (Å²) in [6.45, 7) is 2.68. The minimum atomic E-state index is -0.501. The van der Waals surface area contributed by atoms with Crippen LogP contribution in [0.1, 0.15) is 24.0 Å². The number of quaternary nitrogens is 1. The van der Waals surface area contributed by atoms with Crippen molar-refractivity contribution in [3.63, 3.8) is 0 Å². The van der Waals surface area contributed by atoms with Crippen LogP contribution in [-0.4, -0.2) is 60.5 Å². The number of nitro groups is 1. The van der Waals surface area contributed by atoms with Crippen LogP contribution in [0.25, 0.3) is 10.9 Å². The van der Waals surface area contributed by atoms with Gasteiger partial charge in [0, 0.05) is 30.6 Å².